The molecule has 0 aliphatic rings. The van der Waals surface area contributed by atoms with Crippen molar-refractivity contribution in [1.29, 1.82) is 0 Å². The van der Waals surface area contributed by atoms with Gasteiger partial charge in [-0.1, -0.05) is 12.1 Å². The monoisotopic (exact) mass is 437 g/mol. The summed E-state index contributed by atoms with van der Waals surface area (Å²) < 4.78 is 45.1. The van der Waals surface area contributed by atoms with E-state index in [1.54, 1.807) is 13.4 Å². The summed E-state index contributed by atoms with van der Waals surface area (Å²) in [4.78, 5) is 24.4. The number of nitrogens with one attached hydrogen (secondary N) is 2. The zero-order valence-electron chi connectivity index (χ0n) is 16.7. The number of hydrogen-bond donors (Lipinski definition) is 3. The van der Waals surface area contributed by atoms with Crippen LogP contribution in [0.2, 0.25) is 0 Å². The summed E-state index contributed by atoms with van der Waals surface area (Å²) in [6, 6.07) is 4.76. The first-order chi connectivity index (χ1) is 14.8. The molecule has 9 nitrogen and oxygen atoms in total. The summed E-state index contributed by atoms with van der Waals surface area (Å²) in [7, 11) is 1.69. The van der Waals surface area contributed by atoms with E-state index in [9.17, 15) is 18.0 Å². The molecule has 0 unspecified atom stereocenters. The highest BCUT2D eigenvalue weighted by Crippen LogP contribution is 2.29. The smallest absolute Gasteiger partial charge is 0.416 e. The van der Waals surface area contributed by atoms with Crippen molar-refractivity contribution in [3.05, 3.63) is 41.7 Å². The maximum Gasteiger partial charge on any atom is 0.416 e. The molecule has 3 rings (SSSR count). The van der Waals surface area contributed by atoms with E-state index in [1.165, 1.54) is 12.1 Å². The number of halogens is 3. The fourth-order valence-corrected chi connectivity index (χ4v) is 2.87. The molecule has 0 spiro atoms. The molecular formula is C19H22F3N7O2. The normalized spacial score (nSPS) is 11.5. The predicted molar refractivity (Wildman–Crippen MR) is 108 cm³/mol. The minimum atomic E-state index is -4.43. The Morgan fingerprint density at radius 1 is 1.26 bits per heavy atom. The van der Waals surface area contributed by atoms with Gasteiger partial charge in [0.1, 0.15) is 5.52 Å². The molecule has 3 aromatic rings. The topological polar surface area (TPSA) is 120 Å². The lowest BCUT2D eigenvalue weighted by molar-refractivity contribution is -0.137. The van der Waals surface area contributed by atoms with E-state index in [0.717, 1.165) is 12.1 Å². The number of aryl methyl sites for hydroxylation is 1. The number of imidazole rings is 1. The van der Waals surface area contributed by atoms with E-state index in [-0.39, 0.29) is 19.0 Å². The van der Waals surface area contributed by atoms with Crippen molar-refractivity contribution >= 4 is 29.0 Å². The lowest BCUT2D eigenvalue weighted by Gasteiger charge is -2.10. The standard InChI is InChI=1S/C19H22F3N7O2/c1-24-17-27-15(23)14-16(28-17)29(11-26-14)7-2-3-8-31-18(30)25-10-12-5-4-6-13(9-12)19(20,21)22/h4-6,9,11H,2-3,7-8,10H2,1H3,(H,25,30)(H3,23,24,27,28). The first-order valence-electron chi connectivity index (χ1n) is 9.51. The van der Waals surface area contributed by atoms with Gasteiger partial charge in [0, 0.05) is 20.1 Å². The largest absolute Gasteiger partial charge is 0.450 e. The number of carbonyl (C=O) groups excluding carboxylic acids is 1. The Morgan fingerprint density at radius 2 is 2.06 bits per heavy atom. The number of carbonyl (C=O) groups is 1. The first-order valence-corrected chi connectivity index (χ1v) is 9.51. The van der Waals surface area contributed by atoms with Crippen molar-refractivity contribution in [1.82, 2.24) is 24.8 Å². The highest BCUT2D eigenvalue weighted by molar-refractivity contribution is 5.82. The number of rotatable bonds is 8. The molecule has 0 aliphatic heterocycles. The minimum absolute atomic E-state index is 0.0568. The van der Waals surface area contributed by atoms with Gasteiger partial charge >= 0.3 is 12.3 Å². The summed E-state index contributed by atoms with van der Waals surface area (Å²) in [5.74, 6) is 0.682. The average Bonchev–Trinajstić information content (AvgIpc) is 3.15. The molecule has 0 atom stereocenters. The molecular weight excluding hydrogens is 415 g/mol. The maximum atomic E-state index is 12.7. The van der Waals surface area contributed by atoms with Gasteiger partial charge < -0.3 is 25.7 Å². The van der Waals surface area contributed by atoms with Gasteiger partial charge in [-0.3, -0.25) is 0 Å². The van der Waals surface area contributed by atoms with Gasteiger partial charge in [0.25, 0.3) is 0 Å². The van der Waals surface area contributed by atoms with Gasteiger partial charge in [0.2, 0.25) is 5.95 Å². The number of hydrogen-bond acceptors (Lipinski definition) is 7. The molecule has 4 N–H and O–H groups in total. The van der Waals surface area contributed by atoms with E-state index in [0.29, 0.717) is 42.1 Å². The van der Waals surface area contributed by atoms with E-state index in [2.05, 4.69) is 25.6 Å². The SMILES string of the molecule is CNc1nc(N)c2ncn(CCCCOC(=O)NCc3cccc(C(F)(F)F)c3)c2n1. The second kappa shape index (κ2) is 9.49. The third-order valence-electron chi connectivity index (χ3n) is 4.43. The van der Waals surface area contributed by atoms with Gasteiger partial charge in [-0.15, -0.1) is 0 Å². The zero-order valence-corrected chi connectivity index (χ0v) is 16.7. The quantitative estimate of drug-likeness (QED) is 0.463. The second-order valence-corrected chi connectivity index (χ2v) is 6.69. The number of nitrogens with zero attached hydrogens (tertiary/aromatic N) is 4. The van der Waals surface area contributed by atoms with Crippen LogP contribution in [-0.4, -0.2) is 39.3 Å². The minimum Gasteiger partial charge on any atom is -0.450 e. The van der Waals surface area contributed by atoms with Crippen LogP contribution in [0.3, 0.4) is 0 Å². The molecule has 2 heterocycles. The molecule has 12 heteroatoms. The predicted octanol–water partition coefficient (Wildman–Crippen LogP) is 3.18. The van der Waals surface area contributed by atoms with Crippen molar-refractivity contribution in [3.63, 3.8) is 0 Å². The van der Waals surface area contributed by atoms with Crippen LogP contribution in [0.25, 0.3) is 11.2 Å². The van der Waals surface area contributed by atoms with Gasteiger partial charge in [0.05, 0.1) is 18.5 Å². The molecule has 1 aromatic carbocycles. The number of fused-ring (bicyclic) bond motifs is 1. The number of benzene rings is 1. The molecule has 0 aliphatic carbocycles. The number of ether oxygens (including phenoxy) is 1. The Hall–Kier alpha value is -3.57. The third-order valence-corrected chi connectivity index (χ3v) is 4.43. The molecule has 0 saturated heterocycles. The Morgan fingerprint density at radius 3 is 2.81 bits per heavy atom. The number of aromatic nitrogens is 4. The van der Waals surface area contributed by atoms with Crippen LogP contribution < -0.4 is 16.4 Å². The first kappa shape index (κ1) is 22.1. The van der Waals surface area contributed by atoms with Gasteiger partial charge in [-0.2, -0.15) is 23.1 Å². The molecule has 0 radical (unpaired) electrons. The molecule has 0 bridgehead atoms. The van der Waals surface area contributed by atoms with Crippen LogP contribution in [0.4, 0.5) is 29.7 Å². The summed E-state index contributed by atoms with van der Waals surface area (Å²) in [6.45, 7) is 0.698. The second-order valence-electron chi connectivity index (χ2n) is 6.69. The van der Waals surface area contributed by atoms with Crippen LogP contribution in [0.15, 0.2) is 30.6 Å². The van der Waals surface area contributed by atoms with E-state index < -0.39 is 17.8 Å². The number of amides is 1. The van der Waals surface area contributed by atoms with Crippen molar-refractivity contribution in [3.8, 4) is 0 Å². The highest BCUT2D eigenvalue weighted by Gasteiger charge is 2.30. The van der Waals surface area contributed by atoms with E-state index in [1.807, 2.05) is 4.57 Å². The third kappa shape index (κ3) is 5.74. The fraction of sp³-hybridized carbons (Fsp3) is 0.368. The highest BCUT2D eigenvalue weighted by atomic mass is 19.4. The lowest BCUT2D eigenvalue weighted by atomic mass is 10.1. The fourth-order valence-electron chi connectivity index (χ4n) is 2.87. The van der Waals surface area contributed by atoms with Crippen molar-refractivity contribution in [2.75, 3.05) is 24.7 Å². The van der Waals surface area contributed by atoms with Crippen molar-refractivity contribution in [2.45, 2.75) is 32.1 Å². The molecule has 0 saturated carbocycles. The van der Waals surface area contributed by atoms with Gasteiger partial charge in [-0.05, 0) is 30.5 Å². The van der Waals surface area contributed by atoms with Crippen molar-refractivity contribution in [2.24, 2.45) is 0 Å². The van der Waals surface area contributed by atoms with Crippen LogP contribution in [0.5, 0.6) is 0 Å². The van der Waals surface area contributed by atoms with Gasteiger partial charge in [0.15, 0.2) is 11.5 Å². The zero-order chi connectivity index (χ0) is 22.4. The number of nitrogen functional groups attached to an aromatic ring is 1. The Bertz CT molecular complexity index is 1050. The van der Waals surface area contributed by atoms with Crippen LogP contribution in [0.1, 0.15) is 24.0 Å². The van der Waals surface area contributed by atoms with Crippen LogP contribution in [0, 0.1) is 0 Å². The number of alkyl halides is 3. The average molecular weight is 437 g/mol. The number of nitrogens with two attached hydrogens (primary N) is 1. The molecule has 2 aromatic heterocycles. The van der Waals surface area contributed by atoms with Gasteiger partial charge in [-0.25, -0.2) is 9.78 Å². The summed E-state index contributed by atoms with van der Waals surface area (Å²) in [5.41, 5.74) is 6.57. The summed E-state index contributed by atoms with van der Waals surface area (Å²) >= 11 is 0. The Labute approximate surface area is 175 Å². The molecule has 31 heavy (non-hydrogen) atoms. The number of anilines is 2. The molecule has 0 fully saturated rings. The number of unbranched alkanes of at least 4 members (excludes halogenated alkanes) is 1. The molecule has 1 amide bonds. The summed E-state index contributed by atoms with van der Waals surface area (Å²) in [6.07, 6.45) is -2.23. The lowest BCUT2D eigenvalue weighted by Crippen LogP contribution is -2.24. The van der Waals surface area contributed by atoms with Crippen LogP contribution >= 0.6 is 0 Å². The van der Waals surface area contributed by atoms with E-state index >= 15 is 0 Å². The Kier molecular flexibility index (Phi) is 6.78. The van der Waals surface area contributed by atoms with Crippen LogP contribution in [-0.2, 0) is 24.0 Å². The summed E-state index contributed by atoms with van der Waals surface area (Å²) in [5, 5.41) is 5.28. The van der Waals surface area contributed by atoms with E-state index in [4.69, 9.17) is 10.5 Å². The number of alkyl carbamates (subject to hydrolysis) is 1. The molecule has 166 valence electrons. The Balaban J connectivity index is 1.41. The maximum absolute atomic E-state index is 12.7. The van der Waals surface area contributed by atoms with Crippen molar-refractivity contribution < 1.29 is 22.7 Å².